The van der Waals surface area contributed by atoms with Gasteiger partial charge in [-0.3, -0.25) is 61.7 Å². The molecule has 0 radical (unpaired) electrons. The maximum absolute atomic E-state index is 11.8. The average molecular weight is 1900 g/mol. The Labute approximate surface area is 767 Å². The summed E-state index contributed by atoms with van der Waals surface area (Å²) in [4.78, 5) is 148. The number of carbonyl (C=O) groups is 13. The van der Waals surface area contributed by atoms with Crippen LogP contribution in [-0.2, 0) is 211 Å². The normalized spacial score (nSPS) is 11.3. The van der Waals surface area contributed by atoms with Crippen LogP contribution in [0.4, 0.5) is 0 Å². The minimum absolute atomic E-state index is 0. The Balaban J connectivity index is -0.000000116. The van der Waals surface area contributed by atoms with E-state index in [-0.39, 0.29) is 208 Å². The van der Waals surface area contributed by atoms with Gasteiger partial charge in [-0.25, -0.2) is 9.57 Å². The maximum atomic E-state index is 11.8. The topological polar surface area (TPSA) is 635 Å². The van der Waals surface area contributed by atoms with E-state index in [4.69, 9.17) is 102 Å². The van der Waals surface area contributed by atoms with Gasteiger partial charge in [0.15, 0.2) is 27.6 Å². The van der Waals surface area contributed by atoms with E-state index >= 15 is 0 Å². The molecule has 0 aromatic carbocycles. The molecule has 0 heterocycles. The first-order valence-electron chi connectivity index (χ1n) is 37.8. The second-order valence-corrected chi connectivity index (χ2v) is 26.7. The van der Waals surface area contributed by atoms with Gasteiger partial charge in [-0.1, -0.05) is 20.8 Å². The van der Waals surface area contributed by atoms with E-state index in [9.17, 15) is 70.7 Å². The van der Waals surface area contributed by atoms with Crippen LogP contribution >= 0.6 is 0 Å². The fourth-order valence-electron chi connectivity index (χ4n) is 6.74. The Bertz CT molecular complexity index is 2690. The van der Waals surface area contributed by atoms with Gasteiger partial charge in [-0.05, 0) is 126 Å². The Hall–Kier alpha value is -6.58. The SMILES string of the molecule is CCOC(=O)C(C)(CCOCOC)C(=O)OCC.CCOC(=O)C(C)(CCOCOC)C(=O)OCC.CCOC(=O)C(C)C(=O)OCC.COCOCCC(C)(C(=O)O)C(=O)O.COCOCCC(C)(C(=O)O)C(=O)O.COCOCCC(C)C(=O)O.COCOCCC(C)C(=O)O.COCOCCC(C)C(=O)ON=S.COCOCCOS(C)(=O)=O.N=S.[H-].[Na+]. The van der Waals surface area contributed by atoms with Crippen molar-refractivity contribution in [1.29, 1.82) is 4.78 Å². The second-order valence-electron chi connectivity index (χ2n) is 24.9. The van der Waals surface area contributed by atoms with Crippen molar-refractivity contribution in [2.75, 3.05) is 217 Å². The number of nitrogens with zero attached hydrogens (tertiary/aromatic N) is 1. The minimum atomic E-state index is -3.33. The largest absolute Gasteiger partial charge is 1.00 e. The summed E-state index contributed by atoms with van der Waals surface area (Å²) in [7, 11) is 8.58. The van der Waals surface area contributed by atoms with Crippen LogP contribution in [0.1, 0.15) is 143 Å². The molecule has 0 spiro atoms. The maximum Gasteiger partial charge on any atom is 1.00 e. The fourth-order valence-corrected chi connectivity index (χ4v) is 7.18. The predicted molar refractivity (Wildman–Crippen MR) is 438 cm³/mol. The standard InChI is InChI=1S/2C12H22O6.2C8H14O6.C8H14O4.C7H13NO4S.2C7H14O4.C5H12O5S.HNS.Na.H/c2*1-5-17-10(13)12(3,11(14)18-6-2)7-8-16-9-15-4;2*1-8(6(9)10,7(11)12)3-4-14-5-13-2;1-4-11-7(9)6(3)8(10)12-5-2;1-6(7(9)12-8-13)3-4-11-5-10-2;2*1-6(7(8)9)3-4-11-5-10-2;1-8-5-9-3-4-10-11(2,6)7;1-2;;/h2*5-9H2,1-4H3;2*3-5H2,1-2H3,(H,9,10)(H,11,12);6H,4-5H2,1-3H3;6H,3-5H2,1-2H3;2*6H,3-5H2,1-2H3,(H,8,9);3-5H2,1-2H3;1H;;/q;;;;;;;;;;+1;-1. The molecule has 125 heavy (non-hydrogen) atoms. The van der Waals surface area contributed by atoms with Gasteiger partial charge in [0.05, 0.1) is 136 Å². The Kier molecular flexibility index (Phi) is 108. The van der Waals surface area contributed by atoms with Crippen LogP contribution in [0.3, 0.4) is 0 Å². The number of ether oxygens (including phenoxy) is 22. The zero-order chi connectivity index (χ0) is 98.2. The number of carbonyl (C=O) groups excluding carboxylic acids is 7. The summed E-state index contributed by atoms with van der Waals surface area (Å²) < 4.78 is 139. The molecule has 3 atom stereocenters. The summed E-state index contributed by atoms with van der Waals surface area (Å²) in [5, 5.41) is 51.7. The summed E-state index contributed by atoms with van der Waals surface area (Å²) in [5.41, 5.74) is -6.26. The molecule has 0 saturated heterocycles. The summed E-state index contributed by atoms with van der Waals surface area (Å²) in [5.74, 6) is -12.7. The molecule has 47 nitrogen and oxygen atoms in total. The average Bonchev–Trinajstić information content (AvgIpc) is 0.912. The van der Waals surface area contributed by atoms with E-state index in [0.717, 1.165) is 20.1 Å². The number of methoxy groups -OCH3 is 8. The number of esters is 6. The van der Waals surface area contributed by atoms with Crippen LogP contribution in [0.2, 0.25) is 0 Å². The number of nitrogens with one attached hydrogen (secondary N) is 1. The molecule has 0 aliphatic heterocycles. The van der Waals surface area contributed by atoms with Crippen LogP contribution in [0.25, 0.3) is 0 Å². The summed E-state index contributed by atoms with van der Waals surface area (Å²) in [6, 6.07) is 0. The van der Waals surface area contributed by atoms with Crippen molar-refractivity contribution in [3.8, 4) is 0 Å². The molecular formula is C74H141N2NaO45S3. The van der Waals surface area contributed by atoms with E-state index in [2.05, 4.69) is 76.3 Å². The third kappa shape index (κ3) is 84.1. The molecule has 736 valence electrons. The number of carboxylic acid groups (broad SMARTS) is 6. The van der Waals surface area contributed by atoms with Crippen LogP contribution in [-0.4, -0.2) is 333 Å². The van der Waals surface area contributed by atoms with Gasteiger partial charge in [0.25, 0.3) is 10.1 Å². The Morgan fingerprint density at radius 1 is 0.344 bits per heavy atom. The summed E-state index contributed by atoms with van der Waals surface area (Å²) >= 11 is 7.47. The number of carboxylic acids is 6. The third-order valence-corrected chi connectivity index (χ3v) is 15.3. The molecule has 51 heteroatoms. The predicted octanol–water partition coefficient (Wildman–Crippen LogP) is 2.61. The van der Waals surface area contributed by atoms with Crippen molar-refractivity contribution in [3.05, 3.63) is 0 Å². The zero-order valence-electron chi connectivity index (χ0n) is 77.8. The molecule has 0 rings (SSSR count). The van der Waals surface area contributed by atoms with Crippen molar-refractivity contribution >= 4 is 113 Å². The van der Waals surface area contributed by atoms with E-state index in [1.807, 2.05) is 0 Å². The quantitative estimate of drug-likeness (QED) is 0.00672. The van der Waals surface area contributed by atoms with E-state index in [1.165, 1.54) is 77.6 Å². The van der Waals surface area contributed by atoms with E-state index in [1.54, 1.807) is 62.3 Å². The van der Waals surface area contributed by atoms with Crippen molar-refractivity contribution in [2.24, 2.45) is 49.9 Å². The molecule has 0 amide bonds. The fraction of sp³-hybridized carbons (Fsp3) is 0.824. The number of hydrogen-bond donors (Lipinski definition) is 7. The summed E-state index contributed by atoms with van der Waals surface area (Å²) in [6.07, 6.45) is 2.79. The van der Waals surface area contributed by atoms with Crippen LogP contribution in [0.15, 0.2) is 4.53 Å². The molecule has 0 aromatic rings. The smallest absolute Gasteiger partial charge is 1.00 e. The molecule has 0 saturated carbocycles. The zero-order valence-corrected chi connectivity index (χ0v) is 81.2. The number of hydrogen-bond acceptors (Lipinski definition) is 43. The second kappa shape index (κ2) is 95.0. The first-order valence-corrected chi connectivity index (χ1v) is 40.3. The molecule has 7 N–H and O–H groups in total. The van der Waals surface area contributed by atoms with Gasteiger partial charge in [0.2, 0.25) is 0 Å². The molecule has 0 fully saturated rings. The molecule has 0 aromatic heterocycles. The van der Waals surface area contributed by atoms with Gasteiger partial charge in [0.1, 0.15) is 54.3 Å². The Morgan fingerprint density at radius 3 is 0.744 bits per heavy atom. The monoisotopic (exact) mass is 1900 g/mol. The number of aliphatic carboxylic acids is 6. The van der Waals surface area contributed by atoms with Crippen LogP contribution in [0.5, 0.6) is 0 Å². The minimum Gasteiger partial charge on any atom is -1.00 e. The van der Waals surface area contributed by atoms with Gasteiger partial charge >= 0.3 is 107 Å². The van der Waals surface area contributed by atoms with Crippen molar-refractivity contribution in [2.45, 2.75) is 142 Å². The molecule has 0 aliphatic carbocycles. The molecule has 3 unspecified atom stereocenters. The number of rotatable bonds is 61. The van der Waals surface area contributed by atoms with Gasteiger partial charge < -0.3 is 141 Å². The first kappa shape index (κ1) is 141. The van der Waals surface area contributed by atoms with Gasteiger partial charge in [-0.15, -0.1) is 0 Å². The molecular weight excluding hydrogens is 1760 g/mol. The Morgan fingerprint density at radius 2 is 0.552 bits per heavy atom. The van der Waals surface area contributed by atoms with Crippen molar-refractivity contribution in [1.82, 2.24) is 0 Å². The van der Waals surface area contributed by atoms with Crippen LogP contribution in [0, 0.1) is 50.1 Å². The van der Waals surface area contributed by atoms with E-state index in [0.29, 0.717) is 39.1 Å². The third-order valence-electron chi connectivity index (χ3n) is 14.7. The first-order chi connectivity index (χ1) is 58.2. The van der Waals surface area contributed by atoms with Gasteiger partial charge in [0, 0.05) is 69.3 Å². The van der Waals surface area contributed by atoms with Crippen molar-refractivity contribution in [3.63, 3.8) is 0 Å². The van der Waals surface area contributed by atoms with E-state index < -0.39 is 115 Å². The molecule has 0 aliphatic rings. The van der Waals surface area contributed by atoms with Crippen molar-refractivity contribution < 1.29 is 246 Å². The summed E-state index contributed by atoms with van der Waals surface area (Å²) in [6.45, 7) is 26.5. The molecule has 0 bridgehead atoms. The van der Waals surface area contributed by atoms with Crippen LogP contribution < -0.4 is 29.6 Å². The van der Waals surface area contributed by atoms with Gasteiger partial charge in [-0.2, -0.15) is 8.42 Å².